The molecule has 126 valence electrons. The van der Waals surface area contributed by atoms with Crippen molar-refractivity contribution in [2.45, 2.75) is 69.7 Å². The minimum atomic E-state index is -0.430. The maximum absolute atomic E-state index is 12.3. The van der Waals surface area contributed by atoms with Gasteiger partial charge in [-0.3, -0.25) is 0 Å². The molecule has 1 atom stereocenters. The normalized spacial score (nSPS) is 32.1. The van der Waals surface area contributed by atoms with Crippen molar-refractivity contribution in [1.29, 1.82) is 0 Å². The number of carbonyl (C=O) groups is 1. The number of likely N-dealkylation sites (N-methyl/N-ethyl adjacent to an activating group) is 1. The lowest BCUT2D eigenvalue weighted by Gasteiger charge is -2.45. The van der Waals surface area contributed by atoms with Crippen molar-refractivity contribution < 1.29 is 14.3 Å². The van der Waals surface area contributed by atoms with Crippen molar-refractivity contribution in [2.75, 3.05) is 33.2 Å². The molecule has 3 fully saturated rings. The van der Waals surface area contributed by atoms with Gasteiger partial charge in [-0.15, -0.1) is 0 Å². The second-order valence-electron chi connectivity index (χ2n) is 8.46. The SMILES string of the molecule is CN1CC2(CCCN(C(=O)OC(C)(C)C)CC2)OC2(CC2)C1. The molecule has 22 heavy (non-hydrogen) atoms. The molecule has 2 aliphatic heterocycles. The average Bonchev–Trinajstić information content (AvgIpc) is 3.11. The topological polar surface area (TPSA) is 42.0 Å². The van der Waals surface area contributed by atoms with E-state index in [1.165, 1.54) is 12.8 Å². The molecule has 0 aromatic carbocycles. The van der Waals surface area contributed by atoms with Crippen LogP contribution in [-0.2, 0) is 9.47 Å². The highest BCUT2D eigenvalue weighted by molar-refractivity contribution is 5.68. The fraction of sp³-hybridized carbons (Fsp3) is 0.941. The van der Waals surface area contributed by atoms with Gasteiger partial charge in [0.2, 0.25) is 0 Å². The Labute approximate surface area is 133 Å². The summed E-state index contributed by atoms with van der Waals surface area (Å²) in [5.74, 6) is 0. The van der Waals surface area contributed by atoms with Gasteiger partial charge < -0.3 is 19.3 Å². The molecular formula is C17H30N2O3. The smallest absolute Gasteiger partial charge is 0.410 e. The molecule has 3 rings (SSSR count). The lowest BCUT2D eigenvalue weighted by atomic mass is 9.91. The van der Waals surface area contributed by atoms with Crippen LogP contribution in [0, 0.1) is 0 Å². The summed E-state index contributed by atoms with van der Waals surface area (Å²) in [4.78, 5) is 16.6. The van der Waals surface area contributed by atoms with E-state index in [0.717, 1.165) is 45.4 Å². The number of hydrogen-bond donors (Lipinski definition) is 0. The number of carbonyl (C=O) groups excluding carboxylic acids is 1. The summed E-state index contributed by atoms with van der Waals surface area (Å²) in [7, 11) is 2.20. The minimum Gasteiger partial charge on any atom is -0.444 e. The molecular weight excluding hydrogens is 280 g/mol. The van der Waals surface area contributed by atoms with Crippen LogP contribution in [0.15, 0.2) is 0 Å². The first-order valence-electron chi connectivity index (χ1n) is 8.58. The van der Waals surface area contributed by atoms with Crippen molar-refractivity contribution in [3.63, 3.8) is 0 Å². The maximum Gasteiger partial charge on any atom is 0.410 e. The van der Waals surface area contributed by atoms with Crippen LogP contribution in [0.2, 0.25) is 0 Å². The lowest BCUT2D eigenvalue weighted by molar-refractivity contribution is -0.169. The van der Waals surface area contributed by atoms with E-state index in [1.54, 1.807) is 0 Å². The molecule has 0 aromatic rings. The largest absolute Gasteiger partial charge is 0.444 e. The molecule has 1 saturated carbocycles. The third-order valence-corrected chi connectivity index (χ3v) is 4.91. The Morgan fingerprint density at radius 2 is 1.68 bits per heavy atom. The number of ether oxygens (including phenoxy) is 2. The second-order valence-corrected chi connectivity index (χ2v) is 8.46. The van der Waals surface area contributed by atoms with Gasteiger partial charge in [0.05, 0.1) is 11.2 Å². The van der Waals surface area contributed by atoms with Crippen LogP contribution < -0.4 is 0 Å². The van der Waals surface area contributed by atoms with E-state index < -0.39 is 5.60 Å². The Morgan fingerprint density at radius 1 is 1.05 bits per heavy atom. The quantitative estimate of drug-likeness (QED) is 0.690. The number of hydrogen-bond acceptors (Lipinski definition) is 4. The van der Waals surface area contributed by atoms with Crippen molar-refractivity contribution >= 4 is 6.09 Å². The second kappa shape index (κ2) is 5.38. The van der Waals surface area contributed by atoms with Gasteiger partial charge in [0.1, 0.15) is 5.60 Å². The summed E-state index contributed by atoms with van der Waals surface area (Å²) >= 11 is 0. The first-order valence-corrected chi connectivity index (χ1v) is 8.58. The Balaban J connectivity index is 1.63. The number of rotatable bonds is 0. The van der Waals surface area contributed by atoms with Gasteiger partial charge in [-0.25, -0.2) is 4.79 Å². The summed E-state index contributed by atoms with van der Waals surface area (Å²) in [5, 5.41) is 0. The zero-order valence-corrected chi connectivity index (χ0v) is 14.5. The lowest BCUT2D eigenvalue weighted by Crippen LogP contribution is -2.56. The van der Waals surface area contributed by atoms with E-state index in [0.29, 0.717) is 0 Å². The average molecular weight is 310 g/mol. The molecule has 0 aromatic heterocycles. The highest BCUT2D eigenvalue weighted by Crippen LogP contribution is 2.48. The highest BCUT2D eigenvalue weighted by atomic mass is 16.6. The number of amides is 1. The van der Waals surface area contributed by atoms with Crippen LogP contribution in [0.5, 0.6) is 0 Å². The van der Waals surface area contributed by atoms with Gasteiger partial charge >= 0.3 is 6.09 Å². The molecule has 2 saturated heterocycles. The minimum absolute atomic E-state index is 0.0692. The van der Waals surface area contributed by atoms with E-state index in [9.17, 15) is 4.79 Å². The molecule has 1 unspecified atom stereocenters. The molecule has 1 aliphatic carbocycles. The van der Waals surface area contributed by atoms with Crippen molar-refractivity contribution in [3.8, 4) is 0 Å². The zero-order valence-electron chi connectivity index (χ0n) is 14.5. The van der Waals surface area contributed by atoms with Crippen molar-refractivity contribution in [1.82, 2.24) is 9.80 Å². The van der Waals surface area contributed by atoms with Crippen LogP contribution in [-0.4, -0.2) is 65.9 Å². The van der Waals surface area contributed by atoms with Crippen molar-refractivity contribution in [3.05, 3.63) is 0 Å². The van der Waals surface area contributed by atoms with Crippen LogP contribution in [0.25, 0.3) is 0 Å². The van der Waals surface area contributed by atoms with Gasteiger partial charge in [0.15, 0.2) is 0 Å². The van der Waals surface area contributed by atoms with Gasteiger partial charge in [0, 0.05) is 26.2 Å². The summed E-state index contributed by atoms with van der Waals surface area (Å²) in [6.07, 6.45) is 5.14. The standard InChI is InChI=1S/C17H30N2O3/c1-15(2,3)21-14(20)19-10-5-6-16(9-11-19)12-18(4)13-17(22-16)7-8-17/h5-13H2,1-4H3. The van der Waals surface area contributed by atoms with Crippen LogP contribution in [0.1, 0.15) is 52.9 Å². The molecule has 2 heterocycles. The number of likely N-dealkylation sites (tertiary alicyclic amines) is 1. The summed E-state index contributed by atoms with van der Waals surface area (Å²) in [6.45, 7) is 9.30. The molecule has 5 heteroatoms. The van der Waals surface area contributed by atoms with Gasteiger partial charge in [-0.05, 0) is 59.9 Å². The van der Waals surface area contributed by atoms with Crippen LogP contribution >= 0.6 is 0 Å². The molecule has 0 radical (unpaired) electrons. The van der Waals surface area contributed by atoms with Crippen molar-refractivity contribution in [2.24, 2.45) is 0 Å². The van der Waals surface area contributed by atoms with Crippen LogP contribution in [0.3, 0.4) is 0 Å². The molecule has 5 nitrogen and oxygen atoms in total. The molecule has 2 spiro atoms. The predicted molar refractivity (Wildman–Crippen MR) is 84.9 cm³/mol. The third-order valence-electron chi connectivity index (χ3n) is 4.91. The number of morpholine rings is 1. The van der Waals surface area contributed by atoms with E-state index in [4.69, 9.17) is 9.47 Å². The Bertz CT molecular complexity index is 442. The van der Waals surface area contributed by atoms with Gasteiger partial charge in [0.25, 0.3) is 0 Å². The first kappa shape index (κ1) is 16.1. The van der Waals surface area contributed by atoms with Gasteiger partial charge in [-0.1, -0.05) is 0 Å². The van der Waals surface area contributed by atoms with E-state index in [1.807, 2.05) is 25.7 Å². The third kappa shape index (κ3) is 3.57. The maximum atomic E-state index is 12.3. The Kier molecular flexibility index (Phi) is 3.92. The van der Waals surface area contributed by atoms with E-state index in [-0.39, 0.29) is 17.3 Å². The van der Waals surface area contributed by atoms with E-state index in [2.05, 4.69) is 11.9 Å². The summed E-state index contributed by atoms with van der Waals surface area (Å²) < 4.78 is 12.1. The number of nitrogens with zero attached hydrogens (tertiary/aromatic N) is 2. The zero-order chi connectivity index (χ0) is 16.0. The Morgan fingerprint density at radius 3 is 2.27 bits per heavy atom. The highest BCUT2D eigenvalue weighted by Gasteiger charge is 2.54. The van der Waals surface area contributed by atoms with Gasteiger partial charge in [-0.2, -0.15) is 0 Å². The summed E-state index contributed by atoms with van der Waals surface area (Å²) in [6, 6.07) is 0. The predicted octanol–water partition coefficient (Wildman–Crippen LogP) is 2.64. The fourth-order valence-electron chi connectivity index (χ4n) is 3.90. The summed E-state index contributed by atoms with van der Waals surface area (Å²) in [5.41, 5.74) is -0.380. The van der Waals surface area contributed by atoms with Crippen LogP contribution in [0.4, 0.5) is 4.79 Å². The monoisotopic (exact) mass is 310 g/mol. The molecule has 3 aliphatic rings. The molecule has 0 bridgehead atoms. The molecule has 1 amide bonds. The first-order chi connectivity index (χ1) is 10.2. The fourth-order valence-corrected chi connectivity index (χ4v) is 3.90. The van der Waals surface area contributed by atoms with E-state index >= 15 is 0 Å². The Hall–Kier alpha value is -0.810. The molecule has 0 N–H and O–H groups in total.